The summed E-state index contributed by atoms with van der Waals surface area (Å²) in [5.41, 5.74) is 9.62. The number of amides is 1. The van der Waals surface area contributed by atoms with Gasteiger partial charge in [-0.15, -0.1) is 0 Å². The fourth-order valence-corrected chi connectivity index (χ4v) is 3.31. The Kier molecular flexibility index (Phi) is 6.29. The molecule has 0 aliphatic carbocycles. The molecule has 2 aromatic carbocycles. The largest absolute Gasteiger partial charge is 0.416 e. The molecule has 28 heavy (non-hydrogen) atoms. The third-order valence-corrected chi connectivity index (χ3v) is 4.69. The Hall–Kier alpha value is -3.08. The minimum absolute atomic E-state index is 0.0145. The van der Waals surface area contributed by atoms with Gasteiger partial charge in [0.05, 0.1) is 20.9 Å². The Balaban J connectivity index is 2.48. The molecule has 0 unspecified atom stereocenters. The number of hydrogen-bond donors (Lipinski definition) is 2. The molecule has 2 aromatic rings. The molecular weight excluding hydrogens is 397 g/mol. The van der Waals surface area contributed by atoms with Gasteiger partial charge in [-0.25, -0.2) is 0 Å². The molecule has 0 atom stereocenters. The molecule has 1 amide bonds. The minimum atomic E-state index is -4.47. The SMILES string of the molecule is CCc1cc(Sc2ccc(C(F)(F)F)cc2)c([N+](=O)[O-])cc1C(=O)N=C(N)N. The smallest absolute Gasteiger partial charge is 0.370 e. The van der Waals surface area contributed by atoms with Crippen LogP contribution in [-0.4, -0.2) is 16.8 Å². The molecule has 0 radical (unpaired) electrons. The van der Waals surface area contributed by atoms with Crippen LogP contribution in [0, 0.1) is 10.1 Å². The van der Waals surface area contributed by atoms with Crippen molar-refractivity contribution < 1.29 is 22.9 Å². The summed E-state index contributed by atoms with van der Waals surface area (Å²) in [4.78, 5) is 26.8. The number of nitro groups is 1. The molecule has 0 aliphatic rings. The first-order chi connectivity index (χ1) is 13.0. The molecular formula is C17H15F3N4O3S. The van der Waals surface area contributed by atoms with Crippen LogP contribution in [0.3, 0.4) is 0 Å². The van der Waals surface area contributed by atoms with Gasteiger partial charge in [-0.2, -0.15) is 18.2 Å². The van der Waals surface area contributed by atoms with Crippen molar-refractivity contribution >= 4 is 29.3 Å². The number of carbonyl (C=O) groups is 1. The molecule has 0 spiro atoms. The van der Waals surface area contributed by atoms with Gasteiger partial charge >= 0.3 is 6.18 Å². The van der Waals surface area contributed by atoms with Gasteiger partial charge in [0.2, 0.25) is 0 Å². The number of alkyl halides is 3. The first-order valence-electron chi connectivity index (χ1n) is 7.83. The van der Waals surface area contributed by atoms with E-state index in [2.05, 4.69) is 4.99 Å². The first-order valence-corrected chi connectivity index (χ1v) is 8.65. The van der Waals surface area contributed by atoms with E-state index in [1.807, 2.05) is 0 Å². The van der Waals surface area contributed by atoms with Crippen LogP contribution in [0.5, 0.6) is 0 Å². The van der Waals surface area contributed by atoms with Crippen molar-refractivity contribution in [3.05, 3.63) is 63.2 Å². The number of aliphatic imine (C=N–C) groups is 1. The predicted octanol–water partition coefficient (Wildman–Crippen LogP) is 3.74. The molecule has 0 aromatic heterocycles. The zero-order valence-electron chi connectivity index (χ0n) is 14.5. The maximum absolute atomic E-state index is 12.7. The van der Waals surface area contributed by atoms with Gasteiger partial charge < -0.3 is 11.5 Å². The van der Waals surface area contributed by atoms with E-state index in [4.69, 9.17) is 11.5 Å². The van der Waals surface area contributed by atoms with Crippen LogP contribution in [0.1, 0.15) is 28.4 Å². The zero-order chi connectivity index (χ0) is 21.1. The van der Waals surface area contributed by atoms with E-state index < -0.39 is 28.5 Å². The fraction of sp³-hybridized carbons (Fsp3) is 0.176. The lowest BCUT2D eigenvalue weighted by molar-refractivity contribution is -0.387. The topological polar surface area (TPSA) is 125 Å². The second-order valence-corrected chi connectivity index (χ2v) is 6.67. The molecule has 148 valence electrons. The summed E-state index contributed by atoms with van der Waals surface area (Å²) in [5, 5.41) is 11.4. The number of nitrogens with two attached hydrogens (primary N) is 2. The third-order valence-electron chi connectivity index (χ3n) is 3.63. The zero-order valence-corrected chi connectivity index (χ0v) is 15.3. The Morgan fingerprint density at radius 3 is 2.29 bits per heavy atom. The Morgan fingerprint density at radius 2 is 1.82 bits per heavy atom. The Morgan fingerprint density at radius 1 is 1.21 bits per heavy atom. The number of guanidine groups is 1. The Bertz CT molecular complexity index is 940. The molecule has 0 bridgehead atoms. The Labute approximate surface area is 161 Å². The highest BCUT2D eigenvalue weighted by molar-refractivity contribution is 7.99. The lowest BCUT2D eigenvalue weighted by Gasteiger charge is -2.10. The fourth-order valence-electron chi connectivity index (χ4n) is 2.34. The van der Waals surface area contributed by atoms with Gasteiger partial charge in [0, 0.05) is 11.0 Å². The normalized spacial score (nSPS) is 11.1. The molecule has 0 heterocycles. The van der Waals surface area contributed by atoms with Crippen molar-refractivity contribution in [2.75, 3.05) is 0 Å². The number of aryl methyl sites for hydroxylation is 1. The molecule has 0 aliphatic heterocycles. The molecule has 2 rings (SSSR count). The second kappa shape index (κ2) is 8.30. The van der Waals surface area contributed by atoms with Crippen molar-refractivity contribution in [2.24, 2.45) is 16.5 Å². The average molecular weight is 412 g/mol. The van der Waals surface area contributed by atoms with E-state index in [1.165, 1.54) is 18.2 Å². The summed E-state index contributed by atoms with van der Waals surface area (Å²) >= 11 is 0.920. The second-order valence-electron chi connectivity index (χ2n) is 5.55. The van der Waals surface area contributed by atoms with Gasteiger partial charge in [0.25, 0.3) is 11.6 Å². The number of hydrogen-bond acceptors (Lipinski definition) is 4. The molecule has 11 heteroatoms. The first kappa shape index (κ1) is 21.2. The third kappa shape index (κ3) is 5.00. The molecule has 0 saturated carbocycles. The van der Waals surface area contributed by atoms with Crippen LogP contribution in [0.25, 0.3) is 0 Å². The van der Waals surface area contributed by atoms with Crippen molar-refractivity contribution in [3.8, 4) is 0 Å². The van der Waals surface area contributed by atoms with Gasteiger partial charge in [0.15, 0.2) is 5.96 Å². The standard InChI is InChI=1S/C17H15F3N4O3S/c1-2-9-7-14(28-11-5-3-10(4-6-11)17(18,19)20)13(24(26)27)8-12(9)15(25)23-16(21)22/h3-8H,2H2,1H3,(H4,21,22,23,25). The van der Waals surface area contributed by atoms with Crippen LogP contribution < -0.4 is 11.5 Å². The van der Waals surface area contributed by atoms with Crippen molar-refractivity contribution in [1.82, 2.24) is 0 Å². The van der Waals surface area contributed by atoms with Crippen molar-refractivity contribution in [1.29, 1.82) is 0 Å². The van der Waals surface area contributed by atoms with Gasteiger partial charge in [0.1, 0.15) is 0 Å². The maximum Gasteiger partial charge on any atom is 0.416 e. The highest BCUT2D eigenvalue weighted by Gasteiger charge is 2.30. The average Bonchev–Trinajstić information content (AvgIpc) is 2.60. The van der Waals surface area contributed by atoms with Crippen LogP contribution in [0.15, 0.2) is 51.2 Å². The predicted molar refractivity (Wildman–Crippen MR) is 98.2 cm³/mol. The maximum atomic E-state index is 12.7. The van der Waals surface area contributed by atoms with E-state index in [9.17, 15) is 28.1 Å². The summed E-state index contributed by atoms with van der Waals surface area (Å²) in [7, 11) is 0. The number of carbonyl (C=O) groups excluding carboxylic acids is 1. The summed E-state index contributed by atoms with van der Waals surface area (Å²) in [6, 6.07) is 6.75. The highest BCUT2D eigenvalue weighted by Crippen LogP contribution is 2.38. The monoisotopic (exact) mass is 412 g/mol. The summed E-state index contributed by atoms with van der Waals surface area (Å²) in [6.07, 6.45) is -4.11. The number of benzene rings is 2. The summed E-state index contributed by atoms with van der Waals surface area (Å²) in [6.45, 7) is 1.74. The van der Waals surface area contributed by atoms with E-state index in [1.54, 1.807) is 6.92 Å². The molecule has 0 saturated heterocycles. The number of nitro benzene ring substituents is 1. The van der Waals surface area contributed by atoms with E-state index in [0.29, 0.717) is 16.9 Å². The number of rotatable bonds is 5. The summed E-state index contributed by atoms with van der Waals surface area (Å²) in [5.74, 6) is -1.29. The van der Waals surface area contributed by atoms with Gasteiger partial charge in [-0.3, -0.25) is 14.9 Å². The number of halogens is 3. The quantitative estimate of drug-likeness (QED) is 0.334. The summed E-state index contributed by atoms with van der Waals surface area (Å²) < 4.78 is 38.0. The van der Waals surface area contributed by atoms with E-state index >= 15 is 0 Å². The van der Waals surface area contributed by atoms with E-state index in [0.717, 1.165) is 30.0 Å². The highest BCUT2D eigenvalue weighted by atomic mass is 32.2. The molecule has 0 fully saturated rings. The van der Waals surface area contributed by atoms with Crippen molar-refractivity contribution in [3.63, 3.8) is 0 Å². The van der Waals surface area contributed by atoms with Crippen LogP contribution in [0.2, 0.25) is 0 Å². The van der Waals surface area contributed by atoms with Gasteiger partial charge in [-0.05, 0) is 42.3 Å². The van der Waals surface area contributed by atoms with Crippen LogP contribution >= 0.6 is 11.8 Å². The molecule has 4 N–H and O–H groups in total. The lowest BCUT2D eigenvalue weighted by Crippen LogP contribution is -2.24. The van der Waals surface area contributed by atoms with Crippen molar-refractivity contribution in [2.45, 2.75) is 29.3 Å². The number of nitrogens with zero attached hydrogens (tertiary/aromatic N) is 2. The van der Waals surface area contributed by atoms with Crippen LogP contribution in [-0.2, 0) is 12.6 Å². The van der Waals surface area contributed by atoms with E-state index in [-0.39, 0.29) is 16.1 Å². The van der Waals surface area contributed by atoms with Gasteiger partial charge in [-0.1, -0.05) is 18.7 Å². The van der Waals surface area contributed by atoms with Crippen LogP contribution in [0.4, 0.5) is 18.9 Å². The lowest BCUT2D eigenvalue weighted by atomic mass is 10.0. The molecule has 7 nitrogen and oxygen atoms in total. The minimum Gasteiger partial charge on any atom is -0.370 e.